The molecule has 2 amide bonds. The van der Waals surface area contributed by atoms with Gasteiger partial charge in [0.05, 0.1) is 0 Å². The van der Waals surface area contributed by atoms with Crippen molar-refractivity contribution >= 4 is 11.8 Å². The fourth-order valence-electron chi connectivity index (χ4n) is 3.40. The lowest BCUT2D eigenvalue weighted by Gasteiger charge is -2.31. The number of likely N-dealkylation sites (tertiary alicyclic amines) is 1. The summed E-state index contributed by atoms with van der Waals surface area (Å²) in [6.07, 6.45) is 2.60. The zero-order valence-corrected chi connectivity index (χ0v) is 16.4. The third-order valence-electron chi connectivity index (χ3n) is 5.21. The number of aromatic amines is 1. The Hall–Kier alpha value is -2.97. The van der Waals surface area contributed by atoms with Crippen LogP contribution in [0.15, 0.2) is 27.5 Å². The molecule has 1 aliphatic rings. The summed E-state index contributed by atoms with van der Waals surface area (Å²) in [5.74, 6) is -0.614. The van der Waals surface area contributed by atoms with Crippen LogP contribution in [0, 0.1) is 18.7 Å². The molecule has 29 heavy (non-hydrogen) atoms. The Labute approximate surface area is 167 Å². The molecule has 2 N–H and O–H groups in total. The predicted octanol–water partition coefficient (Wildman–Crippen LogP) is 1.69. The first-order valence-electron chi connectivity index (χ1n) is 9.78. The van der Waals surface area contributed by atoms with Gasteiger partial charge in [-0.1, -0.05) is 17.3 Å². The summed E-state index contributed by atoms with van der Waals surface area (Å²) < 4.78 is 18.0. The van der Waals surface area contributed by atoms with Gasteiger partial charge in [-0.05, 0) is 43.4 Å². The molecule has 0 radical (unpaired) electrons. The Morgan fingerprint density at radius 3 is 2.76 bits per heavy atom. The van der Waals surface area contributed by atoms with Gasteiger partial charge in [0.15, 0.2) is 5.82 Å². The number of carbonyl (C=O) groups excluding carboxylic acids is 2. The molecule has 0 atom stereocenters. The summed E-state index contributed by atoms with van der Waals surface area (Å²) in [4.78, 5) is 39.8. The van der Waals surface area contributed by atoms with Crippen LogP contribution in [0.25, 0.3) is 0 Å². The third kappa shape index (κ3) is 5.75. The average Bonchev–Trinajstić information content (AvgIpc) is 3.13. The highest BCUT2D eigenvalue weighted by molar-refractivity contribution is 5.80. The minimum atomic E-state index is -0.598. The number of benzene rings is 1. The van der Waals surface area contributed by atoms with E-state index in [4.69, 9.17) is 0 Å². The van der Waals surface area contributed by atoms with Crippen molar-refractivity contribution in [3.05, 3.63) is 51.5 Å². The molecule has 1 aliphatic heterocycles. The molecule has 0 saturated carbocycles. The first-order chi connectivity index (χ1) is 13.9. The first kappa shape index (κ1) is 20.8. The van der Waals surface area contributed by atoms with Crippen molar-refractivity contribution < 1.29 is 18.5 Å². The van der Waals surface area contributed by atoms with E-state index < -0.39 is 5.76 Å². The van der Waals surface area contributed by atoms with Gasteiger partial charge in [-0.15, -0.1) is 0 Å². The normalized spacial score (nSPS) is 14.8. The van der Waals surface area contributed by atoms with Crippen molar-refractivity contribution in [2.75, 3.05) is 13.1 Å². The van der Waals surface area contributed by atoms with E-state index in [-0.39, 0.29) is 23.5 Å². The quantitative estimate of drug-likeness (QED) is 0.730. The number of piperidine rings is 1. The highest BCUT2D eigenvalue weighted by atomic mass is 19.1. The zero-order chi connectivity index (χ0) is 20.8. The predicted molar refractivity (Wildman–Crippen MR) is 102 cm³/mol. The summed E-state index contributed by atoms with van der Waals surface area (Å²) in [5.41, 5.74) is 1.30. The second-order valence-electron chi connectivity index (χ2n) is 7.35. The Bertz CT molecular complexity index is 915. The Kier molecular flexibility index (Phi) is 6.79. The van der Waals surface area contributed by atoms with Gasteiger partial charge in [0.2, 0.25) is 11.8 Å². The Morgan fingerprint density at radius 2 is 2.10 bits per heavy atom. The zero-order valence-electron chi connectivity index (χ0n) is 16.4. The highest BCUT2D eigenvalue weighted by Gasteiger charge is 2.27. The molecule has 0 unspecified atom stereocenters. The molecule has 1 saturated heterocycles. The number of nitrogens with one attached hydrogen (secondary N) is 2. The van der Waals surface area contributed by atoms with E-state index >= 15 is 0 Å². The van der Waals surface area contributed by atoms with E-state index in [0.717, 1.165) is 5.56 Å². The number of hydrogen-bond donors (Lipinski definition) is 2. The van der Waals surface area contributed by atoms with Crippen molar-refractivity contribution in [2.24, 2.45) is 5.92 Å². The number of rotatable bonds is 7. The topological polar surface area (TPSA) is 108 Å². The van der Waals surface area contributed by atoms with Crippen molar-refractivity contribution in [1.82, 2.24) is 20.4 Å². The molecule has 0 spiro atoms. The molecular weight excluding hydrogens is 379 g/mol. The maximum Gasteiger partial charge on any atom is 0.438 e. The Morgan fingerprint density at radius 1 is 1.34 bits per heavy atom. The standard InChI is InChI=1S/C20H25FN4O4/c1-13-5-6-14(11-16(13)21)12-22-19(27)15-7-9-25(10-8-15)18(26)4-2-3-17-23-20(28)29-24-17/h5-6,11,15H,2-4,7-10,12H2,1H3,(H,22,27)(H,23,24,28). The minimum Gasteiger partial charge on any atom is -0.352 e. The van der Waals surface area contributed by atoms with E-state index in [1.165, 1.54) is 6.07 Å². The molecule has 0 aliphatic carbocycles. The summed E-state index contributed by atoms with van der Waals surface area (Å²) in [7, 11) is 0. The van der Waals surface area contributed by atoms with E-state index in [1.54, 1.807) is 24.0 Å². The van der Waals surface area contributed by atoms with Crippen molar-refractivity contribution in [3.8, 4) is 0 Å². The van der Waals surface area contributed by atoms with Crippen LogP contribution in [0.5, 0.6) is 0 Å². The highest BCUT2D eigenvalue weighted by Crippen LogP contribution is 2.19. The molecule has 0 bridgehead atoms. The van der Waals surface area contributed by atoms with E-state index in [1.807, 2.05) is 0 Å². The summed E-state index contributed by atoms with van der Waals surface area (Å²) in [5, 5.41) is 6.43. The van der Waals surface area contributed by atoms with E-state index in [2.05, 4.69) is 20.0 Å². The number of carbonyl (C=O) groups is 2. The Balaban J connectivity index is 1.37. The van der Waals surface area contributed by atoms with Gasteiger partial charge in [-0.2, -0.15) is 0 Å². The number of halogens is 1. The monoisotopic (exact) mass is 404 g/mol. The van der Waals surface area contributed by atoms with Gasteiger partial charge in [0.25, 0.3) is 0 Å². The second kappa shape index (κ2) is 9.49. The van der Waals surface area contributed by atoms with Gasteiger partial charge < -0.3 is 10.2 Å². The summed E-state index contributed by atoms with van der Waals surface area (Å²) >= 11 is 0. The van der Waals surface area contributed by atoms with Crippen LogP contribution in [-0.4, -0.2) is 39.9 Å². The molecule has 9 heteroatoms. The van der Waals surface area contributed by atoms with Gasteiger partial charge in [0, 0.05) is 38.4 Å². The van der Waals surface area contributed by atoms with Gasteiger partial charge in [-0.3, -0.25) is 19.1 Å². The lowest BCUT2D eigenvalue weighted by molar-refractivity contribution is -0.135. The van der Waals surface area contributed by atoms with Crippen LogP contribution in [0.2, 0.25) is 0 Å². The van der Waals surface area contributed by atoms with Crippen LogP contribution in [0.1, 0.15) is 42.6 Å². The van der Waals surface area contributed by atoms with Crippen molar-refractivity contribution in [3.63, 3.8) is 0 Å². The number of aromatic nitrogens is 2. The molecule has 2 heterocycles. The SMILES string of the molecule is Cc1ccc(CNC(=O)C2CCN(C(=O)CCCc3noc(=O)[nH]3)CC2)cc1F. The fourth-order valence-corrected chi connectivity index (χ4v) is 3.40. The van der Waals surface area contributed by atoms with Crippen LogP contribution in [0.4, 0.5) is 4.39 Å². The molecule has 1 aromatic carbocycles. The average molecular weight is 404 g/mol. The number of nitrogens with zero attached hydrogens (tertiary/aromatic N) is 2. The third-order valence-corrected chi connectivity index (χ3v) is 5.21. The summed E-state index contributed by atoms with van der Waals surface area (Å²) in [6.45, 7) is 3.06. The van der Waals surface area contributed by atoms with E-state index in [0.29, 0.717) is 63.1 Å². The lowest BCUT2D eigenvalue weighted by atomic mass is 9.95. The maximum absolute atomic E-state index is 13.6. The van der Waals surface area contributed by atoms with Gasteiger partial charge in [0.1, 0.15) is 5.82 Å². The molecule has 2 aromatic rings. The summed E-state index contributed by atoms with van der Waals surface area (Å²) in [6, 6.07) is 4.93. The minimum absolute atomic E-state index is 0.0323. The van der Waals surface area contributed by atoms with Crippen LogP contribution >= 0.6 is 0 Å². The van der Waals surface area contributed by atoms with Crippen LogP contribution < -0.4 is 11.1 Å². The molecular formula is C20H25FN4O4. The fraction of sp³-hybridized carbons (Fsp3) is 0.500. The first-order valence-corrected chi connectivity index (χ1v) is 9.78. The molecule has 1 aromatic heterocycles. The molecule has 8 nitrogen and oxygen atoms in total. The van der Waals surface area contributed by atoms with Crippen LogP contribution in [-0.2, 0) is 22.6 Å². The van der Waals surface area contributed by atoms with Crippen molar-refractivity contribution in [1.29, 1.82) is 0 Å². The molecule has 1 fully saturated rings. The largest absolute Gasteiger partial charge is 0.438 e. The molecule has 156 valence electrons. The van der Waals surface area contributed by atoms with Gasteiger partial charge in [-0.25, -0.2) is 9.18 Å². The smallest absolute Gasteiger partial charge is 0.352 e. The molecule has 3 rings (SSSR count). The maximum atomic E-state index is 13.6. The number of H-pyrrole nitrogens is 1. The lowest BCUT2D eigenvalue weighted by Crippen LogP contribution is -2.42. The van der Waals surface area contributed by atoms with Gasteiger partial charge >= 0.3 is 5.76 Å². The van der Waals surface area contributed by atoms with Crippen LogP contribution in [0.3, 0.4) is 0 Å². The number of amides is 2. The number of hydrogen-bond acceptors (Lipinski definition) is 5. The number of aryl methyl sites for hydroxylation is 2. The van der Waals surface area contributed by atoms with E-state index in [9.17, 15) is 18.8 Å². The van der Waals surface area contributed by atoms with Crippen molar-refractivity contribution in [2.45, 2.75) is 45.6 Å². The second-order valence-corrected chi connectivity index (χ2v) is 7.35.